The second kappa shape index (κ2) is 6.38. The molecule has 0 amide bonds. The first-order valence-corrected chi connectivity index (χ1v) is 8.06. The number of benzene rings is 1. The molecule has 0 radical (unpaired) electrons. The lowest BCUT2D eigenvalue weighted by atomic mass is 9.95. The number of hydrogen-bond acceptors (Lipinski definition) is 2. The van der Waals surface area contributed by atoms with Gasteiger partial charge in [-0.1, -0.05) is 41.9 Å². The van der Waals surface area contributed by atoms with Crippen LogP contribution in [0.25, 0.3) is 0 Å². The highest BCUT2D eigenvalue weighted by molar-refractivity contribution is 9.10. The topological polar surface area (TPSA) is 29.3 Å². The highest BCUT2D eigenvalue weighted by Gasteiger charge is 2.34. The average molecular weight is 325 g/mol. The molecule has 1 aliphatic heterocycles. The van der Waals surface area contributed by atoms with E-state index in [2.05, 4.69) is 65.9 Å². The molecule has 3 atom stereocenters. The second-order valence-corrected chi connectivity index (χ2v) is 6.97. The predicted molar refractivity (Wildman–Crippen MR) is 85.1 cm³/mol. The summed E-state index contributed by atoms with van der Waals surface area (Å²) in [6, 6.07) is 9.73. The maximum atomic E-state index is 6.30. The van der Waals surface area contributed by atoms with Gasteiger partial charge in [-0.3, -0.25) is 4.90 Å². The van der Waals surface area contributed by atoms with E-state index in [-0.39, 0.29) is 6.04 Å². The molecule has 2 nitrogen and oxygen atoms in total. The SMILES string of the molecule is CC(C)C1CCCN1C(c1cccc(Br)c1)C(C)N. The summed E-state index contributed by atoms with van der Waals surface area (Å²) in [7, 11) is 0. The van der Waals surface area contributed by atoms with Crippen molar-refractivity contribution in [3.8, 4) is 0 Å². The number of nitrogens with zero attached hydrogens (tertiary/aromatic N) is 1. The first-order chi connectivity index (χ1) is 9.00. The number of nitrogens with two attached hydrogens (primary N) is 1. The molecule has 3 heteroatoms. The third kappa shape index (κ3) is 3.39. The van der Waals surface area contributed by atoms with Crippen LogP contribution >= 0.6 is 15.9 Å². The molecule has 0 aliphatic carbocycles. The van der Waals surface area contributed by atoms with Crippen molar-refractivity contribution in [2.45, 2.75) is 51.7 Å². The molecule has 2 rings (SSSR count). The first kappa shape index (κ1) is 15.0. The van der Waals surface area contributed by atoms with Crippen LogP contribution < -0.4 is 5.73 Å². The Labute approximate surface area is 125 Å². The van der Waals surface area contributed by atoms with Crippen LogP contribution in [0.5, 0.6) is 0 Å². The molecule has 19 heavy (non-hydrogen) atoms. The van der Waals surface area contributed by atoms with Gasteiger partial charge in [-0.2, -0.15) is 0 Å². The summed E-state index contributed by atoms with van der Waals surface area (Å²) in [6.07, 6.45) is 2.59. The van der Waals surface area contributed by atoms with Crippen molar-refractivity contribution in [2.24, 2.45) is 11.7 Å². The molecule has 106 valence electrons. The zero-order valence-corrected chi connectivity index (χ0v) is 13.7. The number of likely N-dealkylation sites (tertiary alicyclic amines) is 1. The summed E-state index contributed by atoms with van der Waals surface area (Å²) in [5.74, 6) is 0.691. The molecule has 1 fully saturated rings. The summed E-state index contributed by atoms with van der Waals surface area (Å²) in [4.78, 5) is 2.62. The fourth-order valence-electron chi connectivity index (χ4n) is 3.36. The smallest absolute Gasteiger partial charge is 0.0499 e. The minimum atomic E-state index is 0.147. The molecule has 0 spiro atoms. The van der Waals surface area contributed by atoms with Gasteiger partial charge in [0.15, 0.2) is 0 Å². The van der Waals surface area contributed by atoms with Crippen molar-refractivity contribution in [3.05, 3.63) is 34.3 Å². The zero-order valence-electron chi connectivity index (χ0n) is 12.1. The fraction of sp³-hybridized carbons (Fsp3) is 0.625. The van der Waals surface area contributed by atoms with E-state index in [1.165, 1.54) is 24.9 Å². The van der Waals surface area contributed by atoms with Gasteiger partial charge in [0, 0.05) is 22.6 Å². The van der Waals surface area contributed by atoms with Crippen LogP contribution in [-0.2, 0) is 0 Å². The predicted octanol–water partition coefficient (Wildman–Crippen LogP) is 3.96. The van der Waals surface area contributed by atoms with Gasteiger partial charge in [-0.15, -0.1) is 0 Å². The monoisotopic (exact) mass is 324 g/mol. The Balaban J connectivity index is 2.30. The Morgan fingerprint density at radius 1 is 1.32 bits per heavy atom. The Morgan fingerprint density at radius 3 is 2.63 bits per heavy atom. The summed E-state index contributed by atoms with van der Waals surface area (Å²) >= 11 is 3.57. The minimum Gasteiger partial charge on any atom is -0.326 e. The zero-order chi connectivity index (χ0) is 14.0. The molecular weight excluding hydrogens is 300 g/mol. The third-order valence-corrected chi connectivity index (χ3v) is 4.65. The van der Waals surface area contributed by atoms with Crippen LogP contribution in [0.4, 0.5) is 0 Å². The molecule has 1 aromatic rings. The van der Waals surface area contributed by atoms with Crippen molar-refractivity contribution in [3.63, 3.8) is 0 Å². The molecule has 0 aromatic heterocycles. The number of hydrogen-bond donors (Lipinski definition) is 1. The van der Waals surface area contributed by atoms with Crippen LogP contribution in [0, 0.1) is 5.92 Å². The lowest BCUT2D eigenvalue weighted by molar-refractivity contribution is 0.130. The average Bonchev–Trinajstić information content (AvgIpc) is 2.78. The second-order valence-electron chi connectivity index (χ2n) is 6.05. The summed E-state index contributed by atoms with van der Waals surface area (Å²) in [6.45, 7) is 7.94. The third-order valence-electron chi connectivity index (χ3n) is 4.16. The molecular formula is C16H25BrN2. The standard InChI is InChI=1S/C16H25BrN2/c1-11(2)15-8-5-9-19(15)16(12(3)18)13-6-4-7-14(17)10-13/h4,6-7,10-12,15-16H,5,8-9,18H2,1-3H3. The highest BCUT2D eigenvalue weighted by Crippen LogP contribution is 2.35. The largest absolute Gasteiger partial charge is 0.326 e. The molecule has 3 unspecified atom stereocenters. The van der Waals surface area contributed by atoms with E-state index in [1.807, 2.05) is 0 Å². The maximum absolute atomic E-state index is 6.30. The van der Waals surface area contributed by atoms with Gasteiger partial charge in [-0.05, 0) is 49.9 Å². The van der Waals surface area contributed by atoms with E-state index in [9.17, 15) is 0 Å². The number of rotatable bonds is 4. The molecule has 1 aromatic carbocycles. The van der Waals surface area contributed by atoms with Crippen molar-refractivity contribution >= 4 is 15.9 Å². The van der Waals surface area contributed by atoms with Crippen LogP contribution in [0.2, 0.25) is 0 Å². The quantitative estimate of drug-likeness (QED) is 0.908. The molecule has 2 N–H and O–H groups in total. The Kier molecular flexibility index (Phi) is 5.04. The van der Waals surface area contributed by atoms with Crippen molar-refractivity contribution in [1.82, 2.24) is 4.90 Å². The van der Waals surface area contributed by atoms with E-state index in [4.69, 9.17) is 5.73 Å². The van der Waals surface area contributed by atoms with Crippen LogP contribution in [0.1, 0.15) is 45.2 Å². The minimum absolute atomic E-state index is 0.147. The van der Waals surface area contributed by atoms with E-state index in [1.54, 1.807) is 0 Å². The summed E-state index contributed by atoms with van der Waals surface area (Å²) in [5, 5.41) is 0. The van der Waals surface area contributed by atoms with Gasteiger partial charge in [0.1, 0.15) is 0 Å². The lowest BCUT2D eigenvalue weighted by Crippen LogP contribution is -2.44. The normalized spacial score (nSPS) is 23.8. The van der Waals surface area contributed by atoms with Gasteiger partial charge < -0.3 is 5.73 Å². The van der Waals surface area contributed by atoms with Crippen molar-refractivity contribution in [1.29, 1.82) is 0 Å². The lowest BCUT2D eigenvalue weighted by Gasteiger charge is -2.37. The van der Waals surface area contributed by atoms with Crippen molar-refractivity contribution in [2.75, 3.05) is 6.54 Å². The van der Waals surface area contributed by atoms with Crippen molar-refractivity contribution < 1.29 is 0 Å². The van der Waals surface area contributed by atoms with Crippen LogP contribution in [0.15, 0.2) is 28.7 Å². The first-order valence-electron chi connectivity index (χ1n) is 7.27. The molecule has 1 saturated heterocycles. The van der Waals surface area contributed by atoms with Crippen LogP contribution in [0.3, 0.4) is 0 Å². The summed E-state index contributed by atoms with van der Waals surface area (Å²) in [5.41, 5.74) is 7.63. The van der Waals surface area contributed by atoms with E-state index in [0.29, 0.717) is 18.0 Å². The van der Waals surface area contributed by atoms with Gasteiger partial charge in [-0.25, -0.2) is 0 Å². The van der Waals surface area contributed by atoms with E-state index in [0.717, 1.165) is 4.47 Å². The van der Waals surface area contributed by atoms with Gasteiger partial charge in [0.05, 0.1) is 0 Å². The van der Waals surface area contributed by atoms with Gasteiger partial charge >= 0.3 is 0 Å². The van der Waals surface area contributed by atoms with Gasteiger partial charge in [0.2, 0.25) is 0 Å². The molecule has 1 aliphatic rings. The van der Waals surface area contributed by atoms with Gasteiger partial charge in [0.25, 0.3) is 0 Å². The molecule has 0 bridgehead atoms. The maximum Gasteiger partial charge on any atom is 0.0499 e. The highest BCUT2D eigenvalue weighted by atomic mass is 79.9. The fourth-order valence-corrected chi connectivity index (χ4v) is 3.78. The Morgan fingerprint density at radius 2 is 2.05 bits per heavy atom. The van der Waals surface area contributed by atoms with Crippen LogP contribution in [-0.4, -0.2) is 23.5 Å². The molecule has 1 heterocycles. The van der Waals surface area contributed by atoms with E-state index < -0.39 is 0 Å². The molecule has 0 saturated carbocycles. The van der Waals surface area contributed by atoms with E-state index >= 15 is 0 Å². The number of halogens is 1. The Bertz CT molecular complexity index is 417. The Hall–Kier alpha value is -0.380. The summed E-state index contributed by atoms with van der Waals surface area (Å²) < 4.78 is 1.14.